The van der Waals surface area contributed by atoms with Crippen molar-refractivity contribution in [2.75, 3.05) is 10.7 Å². The SMILES string of the molecule is CC(C)(C)NNc1ncnc(Nc2ccc(Cl)cc2)c1[N+](=O)[O-]. The third-order valence-corrected chi connectivity index (χ3v) is 2.92. The molecule has 0 aliphatic carbocycles. The number of halogens is 1. The quantitative estimate of drug-likeness (QED) is 0.566. The predicted octanol–water partition coefficient (Wildman–Crippen LogP) is 3.50. The summed E-state index contributed by atoms with van der Waals surface area (Å²) in [6.07, 6.45) is 1.25. The molecule has 9 heteroatoms. The van der Waals surface area contributed by atoms with Crippen LogP contribution in [0.1, 0.15) is 20.8 Å². The minimum atomic E-state index is -0.537. The molecule has 0 bridgehead atoms. The minimum Gasteiger partial charge on any atom is -0.334 e. The number of nitro groups is 1. The zero-order valence-electron chi connectivity index (χ0n) is 12.9. The molecule has 23 heavy (non-hydrogen) atoms. The van der Waals surface area contributed by atoms with Gasteiger partial charge in [-0.3, -0.25) is 15.5 Å². The topological polar surface area (TPSA) is 105 Å². The van der Waals surface area contributed by atoms with Crippen molar-refractivity contribution < 1.29 is 4.92 Å². The Kier molecular flexibility index (Phi) is 4.97. The van der Waals surface area contributed by atoms with Crippen LogP contribution < -0.4 is 16.2 Å². The largest absolute Gasteiger partial charge is 0.354 e. The van der Waals surface area contributed by atoms with Crippen molar-refractivity contribution in [3.63, 3.8) is 0 Å². The van der Waals surface area contributed by atoms with Gasteiger partial charge in [0.2, 0.25) is 11.6 Å². The van der Waals surface area contributed by atoms with Gasteiger partial charge in [0.1, 0.15) is 6.33 Å². The second-order valence-electron chi connectivity index (χ2n) is 5.81. The molecule has 0 amide bonds. The highest BCUT2D eigenvalue weighted by Gasteiger charge is 2.24. The standard InChI is InChI=1S/C14H17ClN6O2/c1-14(2,3)20-19-13-11(21(22)23)12(16-8-17-13)18-10-6-4-9(15)5-7-10/h4-8,20H,1-3H3,(H2,16,17,18,19). The summed E-state index contributed by atoms with van der Waals surface area (Å²) in [7, 11) is 0. The molecule has 0 fully saturated rings. The summed E-state index contributed by atoms with van der Waals surface area (Å²) in [4.78, 5) is 18.8. The number of hydrazine groups is 1. The fourth-order valence-corrected chi connectivity index (χ4v) is 1.78. The Morgan fingerprint density at radius 3 is 2.30 bits per heavy atom. The van der Waals surface area contributed by atoms with Gasteiger partial charge in [-0.15, -0.1) is 0 Å². The maximum atomic E-state index is 11.4. The van der Waals surface area contributed by atoms with Gasteiger partial charge in [-0.25, -0.2) is 15.4 Å². The molecule has 1 aromatic carbocycles. The van der Waals surface area contributed by atoms with Gasteiger partial charge in [0.15, 0.2) is 0 Å². The monoisotopic (exact) mass is 336 g/mol. The summed E-state index contributed by atoms with van der Waals surface area (Å²) < 4.78 is 0. The van der Waals surface area contributed by atoms with Crippen molar-refractivity contribution >= 4 is 34.6 Å². The molecule has 0 unspecified atom stereocenters. The van der Waals surface area contributed by atoms with Crippen LogP contribution in [0.4, 0.5) is 23.0 Å². The first kappa shape index (κ1) is 16.9. The fraction of sp³-hybridized carbons (Fsp3) is 0.286. The van der Waals surface area contributed by atoms with Gasteiger partial charge in [-0.1, -0.05) is 11.6 Å². The molecular formula is C14H17ClN6O2. The van der Waals surface area contributed by atoms with E-state index in [1.807, 2.05) is 20.8 Å². The predicted molar refractivity (Wildman–Crippen MR) is 89.9 cm³/mol. The van der Waals surface area contributed by atoms with Crippen LogP contribution in [0.25, 0.3) is 0 Å². The van der Waals surface area contributed by atoms with E-state index in [9.17, 15) is 10.1 Å². The summed E-state index contributed by atoms with van der Waals surface area (Å²) >= 11 is 5.83. The zero-order chi connectivity index (χ0) is 17.0. The van der Waals surface area contributed by atoms with Crippen molar-refractivity contribution in [1.29, 1.82) is 0 Å². The van der Waals surface area contributed by atoms with E-state index in [0.717, 1.165) is 0 Å². The molecule has 1 aromatic heterocycles. The maximum absolute atomic E-state index is 11.4. The van der Waals surface area contributed by atoms with Crippen molar-refractivity contribution in [2.24, 2.45) is 0 Å². The van der Waals surface area contributed by atoms with E-state index in [1.54, 1.807) is 24.3 Å². The van der Waals surface area contributed by atoms with E-state index in [-0.39, 0.29) is 22.9 Å². The number of hydrogen-bond acceptors (Lipinski definition) is 7. The molecule has 2 rings (SSSR count). The average molecular weight is 337 g/mol. The van der Waals surface area contributed by atoms with Crippen molar-refractivity contribution in [3.8, 4) is 0 Å². The second-order valence-corrected chi connectivity index (χ2v) is 6.24. The highest BCUT2D eigenvalue weighted by Crippen LogP contribution is 2.31. The highest BCUT2D eigenvalue weighted by atomic mass is 35.5. The Balaban J connectivity index is 2.32. The van der Waals surface area contributed by atoms with E-state index in [4.69, 9.17) is 11.6 Å². The van der Waals surface area contributed by atoms with Gasteiger partial charge >= 0.3 is 5.69 Å². The van der Waals surface area contributed by atoms with Crippen LogP contribution in [0.15, 0.2) is 30.6 Å². The summed E-state index contributed by atoms with van der Waals surface area (Å²) in [6, 6.07) is 6.76. The minimum absolute atomic E-state index is 0.0800. The lowest BCUT2D eigenvalue weighted by atomic mass is 10.1. The Bertz CT molecular complexity index is 699. The molecular weight excluding hydrogens is 320 g/mol. The van der Waals surface area contributed by atoms with E-state index >= 15 is 0 Å². The zero-order valence-corrected chi connectivity index (χ0v) is 13.7. The first-order valence-electron chi connectivity index (χ1n) is 6.81. The molecule has 0 saturated heterocycles. The van der Waals surface area contributed by atoms with Gasteiger partial charge < -0.3 is 5.32 Å². The first-order chi connectivity index (χ1) is 10.8. The number of aromatic nitrogens is 2. The Labute approximate surface area is 138 Å². The number of benzene rings is 1. The Morgan fingerprint density at radius 1 is 1.13 bits per heavy atom. The third kappa shape index (κ3) is 4.76. The number of anilines is 3. The van der Waals surface area contributed by atoms with E-state index < -0.39 is 4.92 Å². The van der Waals surface area contributed by atoms with Crippen molar-refractivity contribution in [3.05, 3.63) is 45.7 Å². The maximum Gasteiger partial charge on any atom is 0.354 e. The molecule has 0 aliphatic rings. The molecule has 3 N–H and O–H groups in total. The van der Waals surface area contributed by atoms with Gasteiger partial charge in [-0.05, 0) is 45.0 Å². The van der Waals surface area contributed by atoms with Gasteiger partial charge in [0.05, 0.1) is 4.92 Å². The van der Waals surface area contributed by atoms with Crippen LogP contribution in [-0.2, 0) is 0 Å². The highest BCUT2D eigenvalue weighted by molar-refractivity contribution is 6.30. The van der Waals surface area contributed by atoms with Crippen molar-refractivity contribution in [1.82, 2.24) is 15.4 Å². The molecule has 0 radical (unpaired) electrons. The summed E-state index contributed by atoms with van der Waals surface area (Å²) in [5.41, 5.74) is 5.80. The fourth-order valence-electron chi connectivity index (χ4n) is 1.65. The van der Waals surface area contributed by atoms with E-state index in [1.165, 1.54) is 6.33 Å². The van der Waals surface area contributed by atoms with E-state index in [0.29, 0.717) is 10.7 Å². The summed E-state index contributed by atoms with van der Waals surface area (Å²) in [6.45, 7) is 5.75. The normalized spacial score (nSPS) is 11.1. The number of rotatable bonds is 5. The molecule has 2 aromatic rings. The van der Waals surface area contributed by atoms with Gasteiger partial charge in [0, 0.05) is 16.2 Å². The summed E-state index contributed by atoms with van der Waals surface area (Å²) in [5.74, 6) is 0.168. The number of nitrogens with zero attached hydrogens (tertiary/aromatic N) is 3. The Hall–Kier alpha value is -2.45. The smallest absolute Gasteiger partial charge is 0.334 e. The van der Waals surface area contributed by atoms with Crippen LogP contribution in [0.2, 0.25) is 5.02 Å². The second kappa shape index (κ2) is 6.76. The van der Waals surface area contributed by atoms with Crippen LogP contribution in [-0.4, -0.2) is 20.4 Å². The Morgan fingerprint density at radius 2 is 1.74 bits per heavy atom. The molecule has 0 spiro atoms. The van der Waals surface area contributed by atoms with Gasteiger partial charge in [-0.2, -0.15) is 0 Å². The molecule has 122 valence electrons. The molecule has 0 aliphatic heterocycles. The van der Waals surface area contributed by atoms with Crippen LogP contribution in [0, 0.1) is 10.1 Å². The van der Waals surface area contributed by atoms with Crippen molar-refractivity contribution in [2.45, 2.75) is 26.3 Å². The molecule has 1 heterocycles. The molecule has 0 saturated carbocycles. The van der Waals surface area contributed by atoms with Gasteiger partial charge in [0.25, 0.3) is 0 Å². The number of nitrogens with one attached hydrogen (secondary N) is 3. The lowest BCUT2D eigenvalue weighted by Crippen LogP contribution is -2.40. The first-order valence-corrected chi connectivity index (χ1v) is 7.19. The average Bonchev–Trinajstić information content (AvgIpc) is 2.46. The number of hydrogen-bond donors (Lipinski definition) is 3. The lowest BCUT2D eigenvalue weighted by molar-refractivity contribution is -0.383. The van der Waals surface area contributed by atoms with Crippen LogP contribution in [0.5, 0.6) is 0 Å². The third-order valence-electron chi connectivity index (χ3n) is 2.67. The molecule has 8 nitrogen and oxygen atoms in total. The van der Waals surface area contributed by atoms with Crippen LogP contribution in [0.3, 0.4) is 0 Å². The lowest BCUT2D eigenvalue weighted by Gasteiger charge is -2.21. The van der Waals surface area contributed by atoms with Crippen LogP contribution >= 0.6 is 11.6 Å². The summed E-state index contributed by atoms with van der Waals surface area (Å²) in [5, 5.41) is 14.9. The molecule has 0 atom stereocenters. The van der Waals surface area contributed by atoms with E-state index in [2.05, 4.69) is 26.1 Å².